The van der Waals surface area contributed by atoms with Crippen LogP contribution in [0.2, 0.25) is 5.02 Å². The lowest BCUT2D eigenvalue weighted by Crippen LogP contribution is -2.39. The smallest absolute Gasteiger partial charge is 0.266 e. The number of benzene rings is 2. The normalized spacial score (nSPS) is 12.4. The lowest BCUT2D eigenvalue weighted by atomic mass is 10.0. The van der Waals surface area contributed by atoms with Gasteiger partial charge < -0.3 is 25.3 Å². The van der Waals surface area contributed by atoms with Crippen molar-refractivity contribution in [2.45, 2.75) is 12.5 Å². The summed E-state index contributed by atoms with van der Waals surface area (Å²) in [7, 11) is -0.967. The molecule has 224 valence electrons. The molecule has 0 bridgehead atoms. The van der Waals surface area contributed by atoms with Crippen molar-refractivity contribution in [1.29, 1.82) is 0 Å². The summed E-state index contributed by atoms with van der Waals surface area (Å²) in [5, 5.41) is 6.09. The molecule has 3 aromatic heterocycles. The molecule has 5 aromatic rings. The summed E-state index contributed by atoms with van der Waals surface area (Å²) in [6.07, 6.45) is 5.44. The molecule has 0 saturated heterocycles. The lowest BCUT2D eigenvalue weighted by Gasteiger charge is -2.20. The summed E-state index contributed by atoms with van der Waals surface area (Å²) in [6.45, 7) is 0.236. The molecule has 5 rings (SSSR count). The van der Waals surface area contributed by atoms with Gasteiger partial charge in [0.25, 0.3) is 10.1 Å². The summed E-state index contributed by atoms with van der Waals surface area (Å²) < 4.78 is 48.6. The van der Waals surface area contributed by atoms with E-state index in [4.69, 9.17) is 36.1 Å². The number of hydrogen-bond acceptors (Lipinski definition) is 10. The number of halogens is 1. The van der Waals surface area contributed by atoms with Crippen LogP contribution in [-0.4, -0.2) is 67.1 Å². The predicted octanol–water partition coefficient (Wildman–Crippen LogP) is 4.57. The van der Waals surface area contributed by atoms with E-state index in [2.05, 4.69) is 20.3 Å². The van der Waals surface area contributed by atoms with Gasteiger partial charge in [-0.3, -0.25) is 14.5 Å². The molecular weight excluding hydrogens is 594 g/mol. The van der Waals surface area contributed by atoms with Gasteiger partial charge in [-0.05, 0) is 47.7 Å². The number of rotatable bonds is 12. The topological polar surface area (TPSA) is 159 Å². The number of pyridine rings is 3. The number of hydrogen-bond donors (Lipinski definition) is 3. The van der Waals surface area contributed by atoms with Crippen molar-refractivity contribution in [3.63, 3.8) is 0 Å². The number of nitrogens with one attached hydrogen (secondary N) is 1. The predicted molar refractivity (Wildman–Crippen MR) is 167 cm³/mol. The SMILES string of the molecule is COc1cc2ncc3c(N)nc(-c4cncc(OCC(Cc5cccc(Cl)c5)NCCS(=O)(=O)O)c4)cc3c2cc1OC. The maximum absolute atomic E-state index is 11.2. The van der Waals surface area contributed by atoms with Crippen molar-refractivity contribution in [2.24, 2.45) is 0 Å². The average molecular weight is 624 g/mol. The van der Waals surface area contributed by atoms with Gasteiger partial charge in [-0.25, -0.2) is 4.98 Å². The molecule has 0 amide bonds. The molecule has 3 heterocycles. The molecule has 43 heavy (non-hydrogen) atoms. The Bertz CT molecular complexity index is 1890. The quantitative estimate of drug-likeness (QED) is 0.132. The minimum Gasteiger partial charge on any atom is -0.493 e. The van der Waals surface area contributed by atoms with Gasteiger partial charge in [-0.1, -0.05) is 23.7 Å². The zero-order valence-electron chi connectivity index (χ0n) is 23.5. The first-order chi connectivity index (χ1) is 20.6. The van der Waals surface area contributed by atoms with Crippen LogP contribution >= 0.6 is 11.6 Å². The summed E-state index contributed by atoms with van der Waals surface area (Å²) in [6, 6.07) is 14.5. The number of aromatic nitrogens is 3. The van der Waals surface area contributed by atoms with Gasteiger partial charge in [0.1, 0.15) is 18.2 Å². The number of nitrogens with zero attached hydrogens (tertiary/aromatic N) is 3. The van der Waals surface area contributed by atoms with E-state index in [0.717, 1.165) is 16.3 Å². The minimum absolute atomic E-state index is 0.0471. The van der Waals surface area contributed by atoms with Crippen LogP contribution in [0.5, 0.6) is 17.2 Å². The van der Waals surface area contributed by atoms with Crippen LogP contribution in [0.15, 0.2) is 67.1 Å². The van der Waals surface area contributed by atoms with Gasteiger partial charge in [0.2, 0.25) is 0 Å². The van der Waals surface area contributed by atoms with Crippen molar-refractivity contribution in [3.05, 3.63) is 77.7 Å². The van der Waals surface area contributed by atoms with Crippen LogP contribution in [0, 0.1) is 0 Å². The molecule has 4 N–H and O–H groups in total. The Kier molecular flexibility index (Phi) is 9.11. The standard InChI is InChI=1S/C30H30ClN5O6S/c1-40-28-12-24-23-11-26(36-30(32)25(23)16-35-27(24)13-29(28)41-2)19-10-22(15-33-14-19)42-17-21(34-6-7-43(37,38)39)9-18-4-3-5-20(31)8-18/h3-5,8,10-16,21,34H,6-7,9,17H2,1-2H3,(H2,32,36)(H,37,38,39). The molecule has 2 aromatic carbocycles. The zero-order chi connectivity index (χ0) is 30.6. The van der Waals surface area contributed by atoms with Crippen LogP contribution in [0.3, 0.4) is 0 Å². The van der Waals surface area contributed by atoms with Gasteiger partial charge in [-0.2, -0.15) is 8.42 Å². The van der Waals surface area contributed by atoms with E-state index in [1.165, 1.54) is 0 Å². The summed E-state index contributed by atoms with van der Waals surface area (Å²) in [5.74, 6) is 1.51. The van der Waals surface area contributed by atoms with Crippen molar-refractivity contribution < 1.29 is 27.2 Å². The molecule has 0 aliphatic rings. The van der Waals surface area contributed by atoms with Crippen molar-refractivity contribution >= 4 is 49.2 Å². The molecule has 0 aliphatic heterocycles. The highest BCUT2D eigenvalue weighted by Gasteiger charge is 2.16. The van der Waals surface area contributed by atoms with Gasteiger partial charge in [0.15, 0.2) is 11.5 Å². The Labute approximate surface area is 253 Å². The Balaban J connectivity index is 1.42. The van der Waals surface area contributed by atoms with E-state index in [9.17, 15) is 8.42 Å². The average Bonchev–Trinajstić information content (AvgIpc) is 2.98. The number of ether oxygens (including phenoxy) is 3. The third-order valence-electron chi connectivity index (χ3n) is 6.84. The Morgan fingerprint density at radius 1 is 1.00 bits per heavy atom. The number of methoxy groups -OCH3 is 2. The van der Waals surface area contributed by atoms with E-state index in [1.807, 2.05) is 42.5 Å². The first kappa shape index (κ1) is 30.2. The van der Waals surface area contributed by atoms with E-state index in [0.29, 0.717) is 56.7 Å². The second-order valence-electron chi connectivity index (χ2n) is 9.83. The van der Waals surface area contributed by atoms with Gasteiger partial charge >= 0.3 is 0 Å². The number of fused-ring (bicyclic) bond motifs is 3. The first-order valence-corrected chi connectivity index (χ1v) is 15.2. The monoisotopic (exact) mass is 623 g/mol. The molecule has 0 spiro atoms. The molecule has 0 fully saturated rings. The Hall–Kier alpha value is -4.23. The molecule has 0 radical (unpaired) electrons. The fourth-order valence-corrected chi connectivity index (χ4v) is 5.36. The van der Waals surface area contributed by atoms with Crippen LogP contribution in [0.4, 0.5) is 5.82 Å². The van der Waals surface area contributed by atoms with E-state index in [-0.39, 0.29) is 19.2 Å². The lowest BCUT2D eigenvalue weighted by molar-refractivity contribution is 0.264. The van der Waals surface area contributed by atoms with Gasteiger partial charge in [0, 0.05) is 52.4 Å². The number of anilines is 1. The molecule has 13 heteroatoms. The van der Waals surface area contributed by atoms with Crippen molar-refractivity contribution in [1.82, 2.24) is 20.3 Å². The number of nitrogens with two attached hydrogens (primary N) is 1. The Morgan fingerprint density at radius 2 is 1.79 bits per heavy atom. The third-order valence-corrected chi connectivity index (χ3v) is 7.79. The summed E-state index contributed by atoms with van der Waals surface area (Å²) in [4.78, 5) is 13.5. The second-order valence-corrected chi connectivity index (χ2v) is 11.8. The van der Waals surface area contributed by atoms with Gasteiger partial charge in [-0.15, -0.1) is 0 Å². The first-order valence-electron chi connectivity index (χ1n) is 13.3. The maximum atomic E-state index is 11.2. The zero-order valence-corrected chi connectivity index (χ0v) is 25.0. The van der Waals surface area contributed by atoms with Crippen molar-refractivity contribution in [2.75, 3.05) is 38.9 Å². The molecule has 1 unspecified atom stereocenters. The summed E-state index contributed by atoms with van der Waals surface area (Å²) in [5.41, 5.74) is 9.30. The van der Waals surface area contributed by atoms with Crippen LogP contribution in [0.1, 0.15) is 5.56 Å². The van der Waals surface area contributed by atoms with Crippen molar-refractivity contribution in [3.8, 4) is 28.5 Å². The second kappa shape index (κ2) is 13.0. The fraction of sp³-hybridized carbons (Fsp3) is 0.233. The van der Waals surface area contributed by atoms with Crippen LogP contribution in [0.25, 0.3) is 32.9 Å². The molecular formula is C30H30ClN5O6S. The van der Waals surface area contributed by atoms with E-state index in [1.54, 1.807) is 38.9 Å². The third kappa shape index (κ3) is 7.41. The highest BCUT2D eigenvalue weighted by molar-refractivity contribution is 7.85. The highest BCUT2D eigenvalue weighted by Crippen LogP contribution is 2.37. The maximum Gasteiger partial charge on any atom is 0.266 e. The van der Waals surface area contributed by atoms with E-state index < -0.39 is 15.9 Å². The minimum atomic E-state index is -4.11. The summed E-state index contributed by atoms with van der Waals surface area (Å²) >= 11 is 6.15. The van der Waals surface area contributed by atoms with Gasteiger partial charge in [0.05, 0.1) is 37.4 Å². The fourth-order valence-electron chi connectivity index (χ4n) is 4.77. The van der Waals surface area contributed by atoms with Crippen LogP contribution in [-0.2, 0) is 16.5 Å². The number of nitrogen functional groups attached to an aromatic ring is 1. The van der Waals surface area contributed by atoms with Crippen LogP contribution < -0.4 is 25.3 Å². The highest BCUT2D eigenvalue weighted by atomic mass is 35.5. The largest absolute Gasteiger partial charge is 0.493 e. The van der Waals surface area contributed by atoms with E-state index >= 15 is 0 Å². The molecule has 0 saturated carbocycles. The molecule has 11 nitrogen and oxygen atoms in total. The molecule has 1 atom stereocenters. The Morgan fingerprint density at radius 3 is 2.53 bits per heavy atom. The molecule has 0 aliphatic carbocycles.